The first-order valence-corrected chi connectivity index (χ1v) is 9.15. The van der Waals surface area contributed by atoms with Crippen LogP contribution in [-0.4, -0.2) is 30.8 Å². The molecule has 0 aromatic heterocycles. The van der Waals surface area contributed by atoms with Crippen LogP contribution in [0.1, 0.15) is 6.92 Å². The van der Waals surface area contributed by atoms with Crippen molar-refractivity contribution in [1.82, 2.24) is 0 Å². The zero-order valence-corrected chi connectivity index (χ0v) is 15.8. The highest BCUT2D eigenvalue weighted by Crippen LogP contribution is 2.21. The quantitative estimate of drug-likeness (QED) is 0.533. The van der Waals surface area contributed by atoms with Gasteiger partial charge in [0.2, 0.25) is 0 Å². The monoisotopic (exact) mass is 407 g/mol. The summed E-state index contributed by atoms with van der Waals surface area (Å²) in [5.74, 6) is -0.512. The van der Waals surface area contributed by atoms with E-state index in [0.717, 1.165) is 15.1 Å². The molecule has 0 saturated heterocycles. The molecule has 0 radical (unpaired) electrons. The molecule has 2 aromatic carbocycles. The number of hydrogen-bond acceptors (Lipinski definition) is 4. The van der Waals surface area contributed by atoms with Crippen molar-refractivity contribution in [3.63, 3.8) is 0 Å². The SMILES string of the molecule is C[C@H](OC(=O)CSc1ccc(Br)cc1)C(=O)N(C)c1ccccc1. The minimum atomic E-state index is -0.826. The third kappa shape index (κ3) is 5.39. The van der Waals surface area contributed by atoms with E-state index in [2.05, 4.69) is 15.9 Å². The van der Waals surface area contributed by atoms with Crippen LogP contribution in [0.2, 0.25) is 0 Å². The first kappa shape index (κ1) is 18.5. The molecule has 1 amide bonds. The molecule has 0 aliphatic heterocycles. The Hall–Kier alpha value is -1.79. The maximum atomic E-state index is 12.3. The van der Waals surface area contributed by atoms with E-state index in [1.165, 1.54) is 16.7 Å². The highest BCUT2D eigenvalue weighted by atomic mass is 79.9. The highest BCUT2D eigenvalue weighted by molar-refractivity contribution is 9.10. The zero-order chi connectivity index (χ0) is 17.5. The molecule has 0 spiro atoms. The van der Waals surface area contributed by atoms with Gasteiger partial charge in [-0.25, -0.2) is 0 Å². The molecule has 126 valence electrons. The zero-order valence-electron chi connectivity index (χ0n) is 13.4. The minimum Gasteiger partial charge on any atom is -0.452 e. The fourth-order valence-corrected chi connectivity index (χ4v) is 2.95. The molecule has 2 aromatic rings. The molecular formula is C18H18BrNO3S. The van der Waals surface area contributed by atoms with Crippen LogP contribution < -0.4 is 4.90 Å². The van der Waals surface area contributed by atoms with Crippen LogP contribution in [0.25, 0.3) is 0 Å². The Morgan fingerprint density at radius 3 is 2.38 bits per heavy atom. The minimum absolute atomic E-state index is 0.161. The molecule has 0 heterocycles. The van der Waals surface area contributed by atoms with Crippen molar-refractivity contribution < 1.29 is 14.3 Å². The van der Waals surface area contributed by atoms with Crippen LogP contribution in [-0.2, 0) is 14.3 Å². The number of carbonyl (C=O) groups excluding carboxylic acids is 2. The number of halogens is 1. The van der Waals surface area contributed by atoms with Crippen molar-refractivity contribution in [2.24, 2.45) is 0 Å². The van der Waals surface area contributed by atoms with Gasteiger partial charge < -0.3 is 9.64 Å². The van der Waals surface area contributed by atoms with Crippen molar-refractivity contribution >= 4 is 45.3 Å². The Bertz CT molecular complexity index is 691. The molecule has 0 fully saturated rings. The average molecular weight is 408 g/mol. The molecule has 1 atom stereocenters. The molecule has 4 nitrogen and oxygen atoms in total. The van der Waals surface area contributed by atoms with Crippen molar-refractivity contribution in [3.05, 3.63) is 59.1 Å². The third-order valence-electron chi connectivity index (χ3n) is 3.30. The Kier molecular flexibility index (Phi) is 6.87. The van der Waals surface area contributed by atoms with Gasteiger partial charge in [0.05, 0.1) is 5.75 Å². The van der Waals surface area contributed by atoms with E-state index < -0.39 is 12.1 Å². The van der Waals surface area contributed by atoms with Gasteiger partial charge in [-0.15, -0.1) is 11.8 Å². The number of ether oxygens (including phenoxy) is 1. The Labute approximate surface area is 154 Å². The predicted octanol–water partition coefficient (Wildman–Crippen LogP) is 4.14. The van der Waals surface area contributed by atoms with E-state index in [1.54, 1.807) is 14.0 Å². The van der Waals surface area contributed by atoms with E-state index in [4.69, 9.17) is 4.74 Å². The van der Waals surface area contributed by atoms with Crippen LogP contribution in [0.4, 0.5) is 5.69 Å². The van der Waals surface area contributed by atoms with Crippen molar-refractivity contribution in [3.8, 4) is 0 Å². The van der Waals surface area contributed by atoms with Crippen LogP contribution >= 0.6 is 27.7 Å². The number of benzene rings is 2. The summed E-state index contributed by atoms with van der Waals surface area (Å²) in [5, 5.41) is 0. The third-order valence-corrected chi connectivity index (χ3v) is 4.81. The molecule has 0 aliphatic carbocycles. The number of hydrogen-bond donors (Lipinski definition) is 0. The van der Waals surface area contributed by atoms with Crippen molar-refractivity contribution in [2.75, 3.05) is 17.7 Å². The fraction of sp³-hybridized carbons (Fsp3) is 0.222. The first-order valence-electron chi connectivity index (χ1n) is 7.38. The van der Waals surface area contributed by atoms with Gasteiger partial charge in [-0.1, -0.05) is 34.1 Å². The maximum absolute atomic E-state index is 12.3. The predicted molar refractivity (Wildman–Crippen MR) is 100 cm³/mol. The number of thioether (sulfide) groups is 1. The van der Waals surface area contributed by atoms with Gasteiger partial charge in [0.1, 0.15) is 0 Å². The van der Waals surface area contributed by atoms with E-state index in [-0.39, 0.29) is 11.7 Å². The van der Waals surface area contributed by atoms with Gasteiger partial charge in [0.15, 0.2) is 6.10 Å². The van der Waals surface area contributed by atoms with E-state index in [9.17, 15) is 9.59 Å². The van der Waals surface area contributed by atoms with Crippen molar-refractivity contribution in [2.45, 2.75) is 17.9 Å². The summed E-state index contributed by atoms with van der Waals surface area (Å²) in [7, 11) is 1.67. The van der Waals surface area contributed by atoms with Gasteiger partial charge in [-0.2, -0.15) is 0 Å². The highest BCUT2D eigenvalue weighted by Gasteiger charge is 2.22. The normalized spacial score (nSPS) is 11.6. The van der Waals surface area contributed by atoms with E-state index >= 15 is 0 Å². The van der Waals surface area contributed by atoms with Crippen molar-refractivity contribution in [1.29, 1.82) is 0 Å². The summed E-state index contributed by atoms with van der Waals surface area (Å²) in [6.45, 7) is 1.59. The molecular weight excluding hydrogens is 390 g/mol. The van der Waals surface area contributed by atoms with Gasteiger partial charge in [0.25, 0.3) is 5.91 Å². The van der Waals surface area contributed by atoms with Crippen LogP contribution in [0.3, 0.4) is 0 Å². The summed E-state index contributed by atoms with van der Waals surface area (Å²) < 4.78 is 6.22. The number of esters is 1. The molecule has 2 rings (SSSR count). The summed E-state index contributed by atoms with van der Waals surface area (Å²) in [5.41, 5.74) is 0.759. The molecule has 0 saturated carbocycles. The Morgan fingerprint density at radius 2 is 1.75 bits per heavy atom. The lowest BCUT2D eigenvalue weighted by molar-refractivity contribution is -0.151. The lowest BCUT2D eigenvalue weighted by Gasteiger charge is -2.21. The lowest BCUT2D eigenvalue weighted by Crippen LogP contribution is -2.37. The summed E-state index contributed by atoms with van der Waals surface area (Å²) >= 11 is 4.74. The fourth-order valence-electron chi connectivity index (χ4n) is 2.01. The number of likely N-dealkylation sites (N-methyl/N-ethyl adjacent to an activating group) is 1. The molecule has 0 N–H and O–H groups in total. The molecule has 0 unspecified atom stereocenters. The number of amides is 1. The molecule has 6 heteroatoms. The molecule has 24 heavy (non-hydrogen) atoms. The van der Waals surface area contributed by atoms with Gasteiger partial charge >= 0.3 is 5.97 Å². The lowest BCUT2D eigenvalue weighted by atomic mass is 10.2. The van der Waals surface area contributed by atoms with Gasteiger partial charge in [-0.3, -0.25) is 9.59 Å². The van der Waals surface area contributed by atoms with Gasteiger partial charge in [0, 0.05) is 22.1 Å². The second kappa shape index (κ2) is 8.89. The summed E-state index contributed by atoms with van der Waals surface area (Å²) in [6.07, 6.45) is -0.826. The molecule has 0 aliphatic rings. The number of anilines is 1. The second-order valence-electron chi connectivity index (χ2n) is 5.11. The smallest absolute Gasteiger partial charge is 0.317 e. The van der Waals surface area contributed by atoms with E-state index in [1.807, 2.05) is 54.6 Å². The number of para-hydroxylation sites is 1. The number of rotatable bonds is 6. The Morgan fingerprint density at radius 1 is 1.12 bits per heavy atom. The summed E-state index contributed by atoms with van der Waals surface area (Å²) in [4.78, 5) is 26.7. The maximum Gasteiger partial charge on any atom is 0.317 e. The summed E-state index contributed by atoms with van der Waals surface area (Å²) in [6, 6.07) is 16.9. The first-order chi connectivity index (χ1) is 11.5. The van der Waals surface area contributed by atoms with Crippen LogP contribution in [0.5, 0.6) is 0 Å². The van der Waals surface area contributed by atoms with Gasteiger partial charge in [-0.05, 0) is 43.3 Å². The number of carbonyl (C=O) groups is 2. The largest absolute Gasteiger partial charge is 0.452 e. The topological polar surface area (TPSA) is 46.6 Å². The van der Waals surface area contributed by atoms with Crippen LogP contribution in [0, 0.1) is 0 Å². The average Bonchev–Trinajstić information content (AvgIpc) is 2.60. The molecule has 0 bridgehead atoms. The number of nitrogens with zero attached hydrogens (tertiary/aromatic N) is 1. The standard InChI is InChI=1S/C18H18BrNO3S/c1-13(18(22)20(2)15-6-4-3-5-7-15)23-17(21)12-24-16-10-8-14(19)9-11-16/h3-11,13H,12H2,1-2H3/t13-/m0/s1. The second-order valence-corrected chi connectivity index (χ2v) is 7.07. The Balaban J connectivity index is 1.84. The van der Waals surface area contributed by atoms with E-state index in [0.29, 0.717) is 0 Å². The van der Waals surface area contributed by atoms with Crippen LogP contribution in [0.15, 0.2) is 64.0 Å².